The summed E-state index contributed by atoms with van der Waals surface area (Å²) in [6.07, 6.45) is 3.32. The lowest BCUT2D eigenvalue weighted by molar-refractivity contribution is 0.129. The van der Waals surface area contributed by atoms with E-state index in [2.05, 4.69) is 59.3 Å². The summed E-state index contributed by atoms with van der Waals surface area (Å²) in [5.74, 6) is 6.19. The lowest BCUT2D eigenvalue weighted by Crippen LogP contribution is -2.57. The van der Waals surface area contributed by atoms with Gasteiger partial charge in [0.1, 0.15) is 0 Å². The molecule has 0 spiro atoms. The van der Waals surface area contributed by atoms with Crippen molar-refractivity contribution in [2.24, 2.45) is 0 Å². The number of hydrogen-bond donors (Lipinski definition) is 1. The van der Waals surface area contributed by atoms with Crippen LogP contribution in [-0.4, -0.2) is 36.6 Å². The summed E-state index contributed by atoms with van der Waals surface area (Å²) in [4.78, 5) is 2.62. The van der Waals surface area contributed by atoms with E-state index in [1.54, 1.807) is 0 Å². The van der Waals surface area contributed by atoms with E-state index in [9.17, 15) is 0 Å². The van der Waals surface area contributed by atoms with Crippen molar-refractivity contribution < 1.29 is 0 Å². The van der Waals surface area contributed by atoms with Gasteiger partial charge in [0.15, 0.2) is 0 Å². The van der Waals surface area contributed by atoms with Gasteiger partial charge in [0.25, 0.3) is 0 Å². The molecule has 1 aromatic carbocycles. The normalized spacial score (nSPS) is 23.1. The molecule has 1 fully saturated rings. The Morgan fingerprint density at radius 2 is 2.10 bits per heavy atom. The van der Waals surface area contributed by atoms with Crippen LogP contribution in [0.15, 0.2) is 30.3 Å². The molecule has 0 amide bonds. The highest BCUT2D eigenvalue weighted by Gasteiger charge is 2.26. The van der Waals surface area contributed by atoms with E-state index in [1.165, 1.54) is 12.0 Å². The maximum Gasteiger partial charge on any atom is 0.0236 e. The zero-order valence-corrected chi connectivity index (χ0v) is 12.7. The van der Waals surface area contributed by atoms with Crippen molar-refractivity contribution in [1.82, 2.24) is 10.2 Å². The molecule has 1 aliphatic heterocycles. The Hall–Kier alpha value is -1.30. The summed E-state index contributed by atoms with van der Waals surface area (Å²) in [5, 5.41) is 3.71. The maximum atomic E-state index is 3.71. The topological polar surface area (TPSA) is 15.3 Å². The number of nitrogens with zero attached hydrogens (tertiary/aromatic N) is 1. The Morgan fingerprint density at radius 3 is 2.80 bits per heavy atom. The second kappa shape index (κ2) is 8.09. The van der Waals surface area contributed by atoms with E-state index in [-0.39, 0.29) is 0 Å². The average molecular weight is 270 g/mol. The highest BCUT2D eigenvalue weighted by molar-refractivity contribution is 5.16. The first-order valence-electron chi connectivity index (χ1n) is 7.74. The standard InChI is InChI=1S/C18H26N2/c1-3-5-9-12-20-15-17(19-14-18(20)4-2)13-16-10-7-6-8-11-16/h6-8,10-11,17-19H,4,9,12-15H2,1-2H3. The van der Waals surface area contributed by atoms with Gasteiger partial charge < -0.3 is 5.32 Å². The third kappa shape index (κ3) is 4.37. The first kappa shape index (κ1) is 15.1. The lowest BCUT2D eigenvalue weighted by Gasteiger charge is -2.40. The number of rotatable bonds is 5. The molecular formula is C18H26N2. The van der Waals surface area contributed by atoms with Crippen molar-refractivity contribution in [3.63, 3.8) is 0 Å². The monoisotopic (exact) mass is 270 g/mol. The number of benzene rings is 1. The molecule has 0 saturated carbocycles. The second-order valence-corrected chi connectivity index (χ2v) is 5.53. The Labute approximate surface area is 123 Å². The van der Waals surface area contributed by atoms with Gasteiger partial charge in [-0.25, -0.2) is 0 Å². The van der Waals surface area contributed by atoms with Gasteiger partial charge in [-0.1, -0.05) is 37.3 Å². The summed E-state index contributed by atoms with van der Waals surface area (Å²) < 4.78 is 0. The third-order valence-electron chi connectivity index (χ3n) is 4.11. The quantitative estimate of drug-likeness (QED) is 0.828. The van der Waals surface area contributed by atoms with E-state index >= 15 is 0 Å². The molecule has 1 N–H and O–H groups in total. The van der Waals surface area contributed by atoms with Gasteiger partial charge in [-0.2, -0.15) is 0 Å². The zero-order chi connectivity index (χ0) is 14.2. The third-order valence-corrected chi connectivity index (χ3v) is 4.11. The highest BCUT2D eigenvalue weighted by Crippen LogP contribution is 2.14. The van der Waals surface area contributed by atoms with Crippen LogP contribution in [0.1, 0.15) is 32.3 Å². The van der Waals surface area contributed by atoms with Crippen LogP contribution in [0.4, 0.5) is 0 Å². The molecule has 2 rings (SSSR count). The summed E-state index contributed by atoms with van der Waals surface area (Å²) >= 11 is 0. The highest BCUT2D eigenvalue weighted by atomic mass is 15.2. The van der Waals surface area contributed by atoms with Crippen molar-refractivity contribution >= 4 is 0 Å². The van der Waals surface area contributed by atoms with Crippen LogP contribution < -0.4 is 5.32 Å². The molecule has 2 nitrogen and oxygen atoms in total. The molecule has 1 saturated heterocycles. The summed E-state index contributed by atoms with van der Waals surface area (Å²) in [5.41, 5.74) is 1.42. The Bertz CT molecular complexity index is 443. The molecule has 2 heteroatoms. The minimum Gasteiger partial charge on any atom is -0.311 e. The second-order valence-electron chi connectivity index (χ2n) is 5.53. The largest absolute Gasteiger partial charge is 0.311 e. The van der Waals surface area contributed by atoms with Gasteiger partial charge in [-0.15, -0.1) is 11.8 Å². The van der Waals surface area contributed by atoms with Crippen molar-refractivity contribution in [2.45, 2.75) is 45.2 Å². The minimum atomic E-state index is 0.565. The molecule has 2 atom stereocenters. The van der Waals surface area contributed by atoms with Gasteiger partial charge in [-0.05, 0) is 25.3 Å². The number of nitrogens with one attached hydrogen (secondary N) is 1. The first-order chi connectivity index (χ1) is 9.83. The van der Waals surface area contributed by atoms with Gasteiger partial charge in [0.2, 0.25) is 0 Å². The Morgan fingerprint density at radius 1 is 1.30 bits per heavy atom. The zero-order valence-electron chi connectivity index (χ0n) is 12.7. The maximum absolute atomic E-state index is 3.71. The predicted octanol–water partition coefficient (Wildman–Crippen LogP) is 2.69. The average Bonchev–Trinajstić information content (AvgIpc) is 2.49. The molecule has 20 heavy (non-hydrogen) atoms. The molecule has 0 radical (unpaired) electrons. The summed E-state index contributed by atoms with van der Waals surface area (Å²) in [7, 11) is 0. The van der Waals surface area contributed by atoms with Crippen molar-refractivity contribution in [2.75, 3.05) is 19.6 Å². The van der Waals surface area contributed by atoms with Crippen molar-refractivity contribution in [3.05, 3.63) is 35.9 Å². The van der Waals surface area contributed by atoms with E-state index in [1.807, 2.05) is 6.92 Å². The molecule has 1 aliphatic rings. The lowest BCUT2D eigenvalue weighted by atomic mass is 10.0. The van der Waals surface area contributed by atoms with Gasteiger partial charge >= 0.3 is 0 Å². The SMILES string of the molecule is CC#CCCN1CC(Cc2ccccc2)NCC1CC. The van der Waals surface area contributed by atoms with Crippen LogP contribution in [-0.2, 0) is 6.42 Å². The van der Waals surface area contributed by atoms with Gasteiger partial charge in [0.05, 0.1) is 0 Å². The molecular weight excluding hydrogens is 244 g/mol. The van der Waals surface area contributed by atoms with Crippen molar-refractivity contribution in [1.29, 1.82) is 0 Å². The van der Waals surface area contributed by atoms with Gasteiger partial charge in [-0.3, -0.25) is 4.90 Å². The minimum absolute atomic E-state index is 0.565. The molecule has 0 aromatic heterocycles. The Kier molecular flexibility index (Phi) is 6.11. The van der Waals surface area contributed by atoms with Crippen LogP contribution in [0.3, 0.4) is 0 Å². The molecule has 108 valence electrons. The fourth-order valence-electron chi connectivity index (χ4n) is 2.96. The molecule has 1 heterocycles. The molecule has 2 unspecified atom stereocenters. The summed E-state index contributed by atoms with van der Waals surface area (Å²) in [6.45, 7) is 7.55. The van der Waals surface area contributed by atoms with Crippen LogP contribution in [0, 0.1) is 11.8 Å². The Balaban J connectivity index is 1.90. The van der Waals surface area contributed by atoms with E-state index in [0.717, 1.165) is 32.5 Å². The van der Waals surface area contributed by atoms with Crippen LogP contribution in [0.25, 0.3) is 0 Å². The number of hydrogen-bond acceptors (Lipinski definition) is 2. The fourth-order valence-corrected chi connectivity index (χ4v) is 2.96. The fraction of sp³-hybridized carbons (Fsp3) is 0.556. The summed E-state index contributed by atoms with van der Waals surface area (Å²) in [6, 6.07) is 12.0. The van der Waals surface area contributed by atoms with E-state index in [0.29, 0.717) is 12.1 Å². The molecule has 1 aromatic rings. The molecule has 0 aliphatic carbocycles. The van der Waals surface area contributed by atoms with Crippen LogP contribution in [0.5, 0.6) is 0 Å². The predicted molar refractivity (Wildman–Crippen MR) is 85.7 cm³/mol. The molecule has 0 bridgehead atoms. The first-order valence-corrected chi connectivity index (χ1v) is 7.74. The van der Waals surface area contributed by atoms with E-state index in [4.69, 9.17) is 0 Å². The van der Waals surface area contributed by atoms with E-state index < -0.39 is 0 Å². The van der Waals surface area contributed by atoms with Crippen LogP contribution in [0.2, 0.25) is 0 Å². The van der Waals surface area contributed by atoms with Crippen molar-refractivity contribution in [3.8, 4) is 11.8 Å². The smallest absolute Gasteiger partial charge is 0.0236 e. The van der Waals surface area contributed by atoms with Gasteiger partial charge in [0, 0.05) is 38.1 Å². The number of piperazine rings is 1. The van der Waals surface area contributed by atoms with Crippen LogP contribution >= 0.6 is 0 Å².